The third-order valence-corrected chi connectivity index (χ3v) is 2.72. The van der Waals surface area contributed by atoms with Crippen LogP contribution in [0.1, 0.15) is 44.9 Å². The lowest BCUT2D eigenvalue weighted by atomic mass is 10.2. The minimum absolute atomic E-state index is 0.849. The van der Waals surface area contributed by atoms with Crippen molar-refractivity contribution >= 4 is 0 Å². The van der Waals surface area contributed by atoms with Crippen LogP contribution >= 0.6 is 0 Å². The molecule has 0 radical (unpaired) electrons. The molecule has 1 saturated carbocycles. The van der Waals surface area contributed by atoms with E-state index < -0.39 is 0 Å². The highest BCUT2D eigenvalue weighted by Gasteiger charge is 2.19. The van der Waals surface area contributed by atoms with Gasteiger partial charge in [-0.2, -0.15) is 0 Å². The molecule has 2 heteroatoms. The van der Waals surface area contributed by atoms with Crippen LogP contribution in [-0.2, 0) is 0 Å². The van der Waals surface area contributed by atoms with E-state index in [1.165, 1.54) is 58.0 Å². The Balaban J connectivity index is 1.63. The molecule has 0 aromatic heterocycles. The summed E-state index contributed by atoms with van der Waals surface area (Å²) in [6, 6.07) is 0. The molecule has 0 aromatic rings. The van der Waals surface area contributed by atoms with E-state index in [0.29, 0.717) is 0 Å². The number of hydrogen-bond acceptors (Lipinski definition) is 2. The van der Waals surface area contributed by atoms with Crippen molar-refractivity contribution in [1.82, 2.24) is 5.32 Å². The molecule has 0 saturated heterocycles. The van der Waals surface area contributed by atoms with Crippen LogP contribution in [0.5, 0.6) is 0 Å². The average Bonchev–Trinajstić information content (AvgIpc) is 2.93. The molecular formula is C11H24N2. The number of nitrogens with one attached hydrogen (secondary N) is 1. The van der Waals surface area contributed by atoms with Crippen LogP contribution < -0.4 is 11.1 Å². The minimum atomic E-state index is 0.849. The lowest BCUT2D eigenvalue weighted by Gasteiger charge is -2.03. The zero-order valence-electron chi connectivity index (χ0n) is 8.73. The van der Waals surface area contributed by atoms with E-state index in [0.717, 1.165) is 12.5 Å². The maximum Gasteiger partial charge on any atom is -0.00488 e. The average molecular weight is 184 g/mol. The summed E-state index contributed by atoms with van der Waals surface area (Å²) in [6.45, 7) is 3.26. The van der Waals surface area contributed by atoms with Gasteiger partial charge in [0.25, 0.3) is 0 Å². The van der Waals surface area contributed by atoms with Gasteiger partial charge in [0, 0.05) is 0 Å². The van der Waals surface area contributed by atoms with Gasteiger partial charge in [-0.05, 0) is 51.2 Å². The second kappa shape index (κ2) is 7.34. The van der Waals surface area contributed by atoms with Crippen molar-refractivity contribution in [2.45, 2.75) is 44.9 Å². The number of hydrogen-bond donors (Lipinski definition) is 2. The molecule has 1 fully saturated rings. The summed E-state index contributed by atoms with van der Waals surface area (Å²) < 4.78 is 0. The summed E-state index contributed by atoms with van der Waals surface area (Å²) in [4.78, 5) is 0. The molecule has 0 spiro atoms. The summed E-state index contributed by atoms with van der Waals surface area (Å²) in [5.74, 6) is 1.10. The SMILES string of the molecule is NCCCCCNCCCC1CC1. The summed E-state index contributed by atoms with van der Waals surface area (Å²) in [5.41, 5.74) is 5.41. The Hall–Kier alpha value is -0.0800. The Bertz CT molecular complexity index is 111. The molecule has 0 unspecified atom stereocenters. The minimum Gasteiger partial charge on any atom is -0.330 e. The first-order valence-corrected chi connectivity index (χ1v) is 5.84. The smallest absolute Gasteiger partial charge is 0.00488 e. The van der Waals surface area contributed by atoms with Gasteiger partial charge in [0.15, 0.2) is 0 Å². The first kappa shape index (κ1) is 11.0. The van der Waals surface area contributed by atoms with Crippen LogP contribution in [0.2, 0.25) is 0 Å². The quantitative estimate of drug-likeness (QED) is 0.537. The first-order chi connectivity index (χ1) is 6.43. The first-order valence-electron chi connectivity index (χ1n) is 5.84. The molecule has 0 atom stereocenters. The Morgan fingerprint density at radius 2 is 1.77 bits per heavy atom. The maximum atomic E-state index is 5.41. The van der Waals surface area contributed by atoms with Crippen molar-refractivity contribution in [3.8, 4) is 0 Å². The van der Waals surface area contributed by atoms with Gasteiger partial charge in [-0.1, -0.05) is 19.3 Å². The van der Waals surface area contributed by atoms with E-state index in [9.17, 15) is 0 Å². The summed E-state index contributed by atoms with van der Waals surface area (Å²) in [7, 11) is 0. The number of rotatable bonds is 9. The molecular weight excluding hydrogens is 160 g/mol. The highest BCUT2D eigenvalue weighted by atomic mass is 14.8. The third kappa shape index (κ3) is 7.03. The van der Waals surface area contributed by atoms with Crippen molar-refractivity contribution in [2.24, 2.45) is 11.7 Å². The molecule has 0 aliphatic heterocycles. The lowest BCUT2D eigenvalue weighted by molar-refractivity contribution is 0.565. The highest BCUT2D eigenvalue weighted by Crippen LogP contribution is 2.33. The van der Waals surface area contributed by atoms with Crippen molar-refractivity contribution in [3.63, 3.8) is 0 Å². The zero-order chi connectivity index (χ0) is 9.36. The van der Waals surface area contributed by atoms with Gasteiger partial charge >= 0.3 is 0 Å². The fourth-order valence-electron chi connectivity index (χ4n) is 1.62. The number of unbranched alkanes of at least 4 members (excludes halogenated alkanes) is 2. The zero-order valence-corrected chi connectivity index (χ0v) is 8.73. The Morgan fingerprint density at radius 1 is 1.00 bits per heavy atom. The number of nitrogens with two attached hydrogens (primary N) is 1. The Kier molecular flexibility index (Phi) is 6.21. The van der Waals surface area contributed by atoms with Crippen LogP contribution in [0.3, 0.4) is 0 Å². The molecule has 13 heavy (non-hydrogen) atoms. The van der Waals surface area contributed by atoms with E-state index in [1.807, 2.05) is 0 Å². The molecule has 0 heterocycles. The van der Waals surface area contributed by atoms with Crippen molar-refractivity contribution in [1.29, 1.82) is 0 Å². The van der Waals surface area contributed by atoms with Crippen molar-refractivity contribution in [3.05, 3.63) is 0 Å². The van der Waals surface area contributed by atoms with Gasteiger partial charge < -0.3 is 11.1 Å². The largest absolute Gasteiger partial charge is 0.330 e. The van der Waals surface area contributed by atoms with Gasteiger partial charge in [-0.3, -0.25) is 0 Å². The maximum absolute atomic E-state index is 5.41. The third-order valence-electron chi connectivity index (χ3n) is 2.72. The highest BCUT2D eigenvalue weighted by molar-refractivity contribution is 4.72. The predicted octanol–water partition coefficient (Wildman–Crippen LogP) is 1.90. The molecule has 0 bridgehead atoms. The van der Waals surface area contributed by atoms with E-state index in [1.54, 1.807) is 0 Å². The van der Waals surface area contributed by atoms with Crippen LogP contribution in [0.25, 0.3) is 0 Å². The summed E-state index contributed by atoms with van der Waals surface area (Å²) in [5, 5.41) is 3.49. The van der Waals surface area contributed by atoms with Gasteiger partial charge in [-0.15, -0.1) is 0 Å². The Morgan fingerprint density at radius 3 is 2.46 bits per heavy atom. The monoisotopic (exact) mass is 184 g/mol. The molecule has 1 aliphatic carbocycles. The molecule has 0 aromatic carbocycles. The van der Waals surface area contributed by atoms with E-state index in [-0.39, 0.29) is 0 Å². The normalized spacial score (nSPS) is 16.4. The fourth-order valence-corrected chi connectivity index (χ4v) is 1.62. The topological polar surface area (TPSA) is 38.0 Å². The van der Waals surface area contributed by atoms with Crippen molar-refractivity contribution < 1.29 is 0 Å². The summed E-state index contributed by atoms with van der Waals surface area (Å²) >= 11 is 0. The lowest BCUT2D eigenvalue weighted by Crippen LogP contribution is -2.17. The predicted molar refractivity (Wildman–Crippen MR) is 57.7 cm³/mol. The van der Waals surface area contributed by atoms with Crippen LogP contribution in [0.15, 0.2) is 0 Å². The standard InChI is InChI=1S/C11H24N2/c12-8-2-1-3-9-13-10-4-5-11-6-7-11/h11,13H,1-10,12H2. The molecule has 0 amide bonds. The van der Waals surface area contributed by atoms with E-state index in [2.05, 4.69) is 5.32 Å². The Labute approximate surface area is 82.3 Å². The van der Waals surface area contributed by atoms with Crippen LogP contribution in [-0.4, -0.2) is 19.6 Å². The van der Waals surface area contributed by atoms with E-state index in [4.69, 9.17) is 5.73 Å². The van der Waals surface area contributed by atoms with E-state index >= 15 is 0 Å². The molecule has 78 valence electrons. The van der Waals surface area contributed by atoms with Gasteiger partial charge in [0.2, 0.25) is 0 Å². The second-order valence-corrected chi connectivity index (χ2v) is 4.18. The second-order valence-electron chi connectivity index (χ2n) is 4.18. The molecule has 1 rings (SSSR count). The van der Waals surface area contributed by atoms with Gasteiger partial charge in [-0.25, -0.2) is 0 Å². The van der Waals surface area contributed by atoms with Crippen LogP contribution in [0.4, 0.5) is 0 Å². The van der Waals surface area contributed by atoms with Crippen LogP contribution in [0, 0.1) is 5.92 Å². The fraction of sp³-hybridized carbons (Fsp3) is 1.00. The molecule has 3 N–H and O–H groups in total. The summed E-state index contributed by atoms with van der Waals surface area (Å²) in [6.07, 6.45) is 9.58. The van der Waals surface area contributed by atoms with Gasteiger partial charge in [0.05, 0.1) is 0 Å². The van der Waals surface area contributed by atoms with Crippen molar-refractivity contribution in [2.75, 3.05) is 19.6 Å². The molecule has 2 nitrogen and oxygen atoms in total. The van der Waals surface area contributed by atoms with Gasteiger partial charge in [0.1, 0.15) is 0 Å². The molecule has 1 aliphatic rings.